The van der Waals surface area contributed by atoms with Gasteiger partial charge in [0.05, 0.1) is 23.6 Å². The zero-order valence-corrected chi connectivity index (χ0v) is 17.8. The van der Waals surface area contributed by atoms with Gasteiger partial charge in [-0.25, -0.2) is 19.8 Å². The third-order valence-electron chi connectivity index (χ3n) is 5.30. The summed E-state index contributed by atoms with van der Waals surface area (Å²) in [5.74, 6) is 0.912. The number of hydrogen-bond acceptors (Lipinski definition) is 6. The van der Waals surface area contributed by atoms with Crippen molar-refractivity contribution in [2.24, 2.45) is 4.99 Å². The molecule has 1 N–H and O–H groups in total. The van der Waals surface area contributed by atoms with E-state index in [9.17, 15) is 4.79 Å². The van der Waals surface area contributed by atoms with Crippen LogP contribution in [0.1, 0.15) is 25.5 Å². The van der Waals surface area contributed by atoms with Crippen molar-refractivity contribution in [2.45, 2.75) is 19.9 Å². The number of benzene rings is 2. The fraction of sp³-hybridized carbons (Fsp3) is 0.174. The second-order valence-corrected chi connectivity index (χ2v) is 7.69. The maximum Gasteiger partial charge on any atom is 0.338 e. The van der Waals surface area contributed by atoms with E-state index in [0.717, 1.165) is 16.8 Å². The van der Waals surface area contributed by atoms with E-state index >= 15 is 0 Å². The smallest absolute Gasteiger partial charge is 0.338 e. The Balaban J connectivity index is 1.60. The molecule has 2 aliphatic heterocycles. The first-order valence-corrected chi connectivity index (χ1v) is 10.4. The van der Waals surface area contributed by atoms with E-state index in [1.54, 1.807) is 6.92 Å². The number of hydrogen-bond donors (Lipinski definition) is 1. The summed E-state index contributed by atoms with van der Waals surface area (Å²) in [6, 6.07) is 17.0. The van der Waals surface area contributed by atoms with Gasteiger partial charge in [0, 0.05) is 16.8 Å². The van der Waals surface area contributed by atoms with E-state index in [1.165, 1.54) is 0 Å². The van der Waals surface area contributed by atoms with Crippen LogP contribution in [0.4, 0.5) is 5.95 Å². The molecule has 0 spiro atoms. The Bertz CT molecular complexity index is 1210. The van der Waals surface area contributed by atoms with Crippen molar-refractivity contribution in [3.8, 4) is 11.3 Å². The first-order valence-electron chi connectivity index (χ1n) is 10.00. The van der Waals surface area contributed by atoms with Crippen LogP contribution in [0.2, 0.25) is 5.02 Å². The third kappa shape index (κ3) is 3.27. The summed E-state index contributed by atoms with van der Waals surface area (Å²) in [6.07, 6.45) is 1.93. The van der Waals surface area contributed by atoms with Crippen molar-refractivity contribution in [2.75, 3.05) is 12.0 Å². The Morgan fingerprint density at radius 1 is 1.16 bits per heavy atom. The molecule has 31 heavy (non-hydrogen) atoms. The van der Waals surface area contributed by atoms with Crippen LogP contribution in [-0.4, -0.2) is 33.1 Å². The molecule has 5 rings (SSSR count). The summed E-state index contributed by atoms with van der Waals surface area (Å²) in [5, 5.41) is 2.54. The highest BCUT2D eigenvalue weighted by Gasteiger charge is 2.42. The van der Waals surface area contributed by atoms with Crippen LogP contribution in [0.25, 0.3) is 11.3 Å². The number of halogens is 1. The van der Waals surface area contributed by atoms with Gasteiger partial charge in [-0.3, -0.25) is 9.99 Å². The zero-order valence-electron chi connectivity index (χ0n) is 17.0. The van der Waals surface area contributed by atoms with Crippen LogP contribution in [0.5, 0.6) is 0 Å². The Morgan fingerprint density at radius 3 is 2.61 bits per heavy atom. The number of anilines is 1. The van der Waals surface area contributed by atoms with Crippen LogP contribution in [0.3, 0.4) is 0 Å². The summed E-state index contributed by atoms with van der Waals surface area (Å²) in [6.45, 7) is 3.93. The number of hydrazine groups is 1. The lowest BCUT2D eigenvalue weighted by Crippen LogP contribution is -2.42. The van der Waals surface area contributed by atoms with E-state index in [2.05, 4.69) is 5.43 Å². The SMILES string of the molecule is CCOC(=O)C1=C(C)N=C2N(Nc3nc(-c4ccc(Cl)cc4)cn32)C1c1ccccc1. The highest BCUT2D eigenvalue weighted by Crippen LogP contribution is 2.39. The highest BCUT2D eigenvalue weighted by molar-refractivity contribution is 6.30. The molecule has 0 radical (unpaired) electrons. The van der Waals surface area contributed by atoms with Gasteiger partial charge in [-0.1, -0.05) is 54.1 Å². The lowest BCUT2D eigenvalue weighted by molar-refractivity contribution is -0.139. The standard InChI is InChI=1S/C23H20ClN5O2/c1-3-31-21(30)19-14(2)25-23-28-13-18(15-9-11-17(24)12-10-15)26-22(28)27-29(23)20(19)16-7-5-4-6-8-16/h4-13,20H,3H2,1-2H3,(H,26,27). The number of aromatic nitrogens is 2. The molecule has 1 unspecified atom stereocenters. The number of carbonyl (C=O) groups is 1. The summed E-state index contributed by atoms with van der Waals surface area (Å²) >= 11 is 6.01. The van der Waals surface area contributed by atoms with Gasteiger partial charge in [-0.2, -0.15) is 0 Å². The molecule has 1 atom stereocenters. The molecule has 156 valence electrons. The van der Waals surface area contributed by atoms with Crippen LogP contribution >= 0.6 is 11.6 Å². The molecular weight excluding hydrogens is 414 g/mol. The van der Waals surface area contributed by atoms with E-state index in [0.29, 0.717) is 34.8 Å². The van der Waals surface area contributed by atoms with Gasteiger partial charge < -0.3 is 4.74 Å². The molecule has 7 nitrogen and oxygen atoms in total. The zero-order chi connectivity index (χ0) is 21.5. The van der Waals surface area contributed by atoms with Crippen molar-refractivity contribution in [1.82, 2.24) is 14.6 Å². The van der Waals surface area contributed by atoms with Gasteiger partial charge in [0.1, 0.15) is 6.04 Å². The number of fused-ring (bicyclic) bond motifs is 3. The summed E-state index contributed by atoms with van der Waals surface area (Å²) < 4.78 is 7.24. The number of imidazole rings is 1. The number of carbonyl (C=O) groups excluding carboxylic acids is 1. The van der Waals surface area contributed by atoms with E-state index < -0.39 is 6.04 Å². The Labute approximate surface area is 184 Å². The maximum atomic E-state index is 12.8. The monoisotopic (exact) mass is 433 g/mol. The molecule has 0 bridgehead atoms. The van der Waals surface area contributed by atoms with Gasteiger partial charge in [-0.15, -0.1) is 0 Å². The first kappa shape index (κ1) is 19.4. The molecule has 8 heteroatoms. The average Bonchev–Trinajstić information content (AvgIpc) is 3.33. The topological polar surface area (TPSA) is 71.8 Å². The second kappa shape index (κ2) is 7.59. The summed E-state index contributed by atoms with van der Waals surface area (Å²) in [4.78, 5) is 22.3. The molecule has 0 amide bonds. The lowest BCUT2D eigenvalue weighted by Gasteiger charge is -2.33. The molecule has 3 heterocycles. The first-order chi connectivity index (χ1) is 15.1. The molecule has 0 saturated heterocycles. The van der Waals surface area contributed by atoms with Crippen molar-refractivity contribution in [1.29, 1.82) is 0 Å². The minimum Gasteiger partial charge on any atom is -0.463 e. The summed E-state index contributed by atoms with van der Waals surface area (Å²) in [7, 11) is 0. The van der Waals surface area contributed by atoms with Crippen molar-refractivity contribution in [3.05, 3.63) is 82.7 Å². The Morgan fingerprint density at radius 2 is 1.90 bits per heavy atom. The number of aliphatic imine (C=N–C) groups is 1. The lowest BCUT2D eigenvalue weighted by atomic mass is 9.95. The van der Waals surface area contributed by atoms with Gasteiger partial charge in [0.25, 0.3) is 0 Å². The third-order valence-corrected chi connectivity index (χ3v) is 5.55. The molecule has 2 aromatic carbocycles. The number of allylic oxidation sites excluding steroid dienone is 1. The molecule has 2 aliphatic rings. The van der Waals surface area contributed by atoms with Gasteiger partial charge >= 0.3 is 5.97 Å². The molecule has 1 aromatic heterocycles. The van der Waals surface area contributed by atoms with Crippen LogP contribution in [0.15, 0.2) is 77.1 Å². The van der Waals surface area contributed by atoms with E-state index in [-0.39, 0.29) is 5.97 Å². The maximum absolute atomic E-state index is 12.8. The Hall–Kier alpha value is -3.58. The summed E-state index contributed by atoms with van der Waals surface area (Å²) in [5.41, 5.74) is 7.16. The molecule has 0 saturated carbocycles. The minimum atomic E-state index is -0.395. The van der Waals surface area contributed by atoms with E-state index in [4.69, 9.17) is 26.3 Å². The van der Waals surface area contributed by atoms with E-state index in [1.807, 2.05) is 77.3 Å². The predicted molar refractivity (Wildman–Crippen MR) is 119 cm³/mol. The number of nitrogens with one attached hydrogen (secondary N) is 1. The van der Waals surface area contributed by atoms with Gasteiger partial charge in [-0.05, 0) is 31.5 Å². The number of rotatable bonds is 4. The van der Waals surface area contributed by atoms with Crippen molar-refractivity contribution in [3.63, 3.8) is 0 Å². The second-order valence-electron chi connectivity index (χ2n) is 7.25. The Kier molecular flexibility index (Phi) is 4.75. The number of esters is 1. The molecule has 3 aromatic rings. The normalized spacial score (nSPS) is 17.1. The van der Waals surface area contributed by atoms with Crippen molar-refractivity contribution >= 4 is 29.5 Å². The van der Waals surface area contributed by atoms with Crippen LogP contribution in [0, 0.1) is 0 Å². The van der Waals surface area contributed by atoms with Gasteiger partial charge in [0.15, 0.2) is 0 Å². The number of ether oxygens (including phenoxy) is 1. The minimum absolute atomic E-state index is 0.299. The fourth-order valence-electron chi connectivity index (χ4n) is 3.89. The predicted octanol–water partition coefficient (Wildman–Crippen LogP) is 4.64. The molecule has 0 aliphatic carbocycles. The largest absolute Gasteiger partial charge is 0.463 e. The number of nitrogens with zero attached hydrogens (tertiary/aromatic N) is 4. The van der Waals surface area contributed by atoms with Crippen molar-refractivity contribution < 1.29 is 9.53 Å². The van der Waals surface area contributed by atoms with Gasteiger partial charge in [0.2, 0.25) is 11.9 Å². The molecular formula is C23H20ClN5O2. The fourth-order valence-corrected chi connectivity index (χ4v) is 4.02. The quantitative estimate of drug-likeness (QED) is 0.607. The average molecular weight is 434 g/mol. The van der Waals surface area contributed by atoms with Crippen LogP contribution < -0.4 is 5.43 Å². The highest BCUT2D eigenvalue weighted by atomic mass is 35.5. The molecule has 0 fully saturated rings. The van der Waals surface area contributed by atoms with Crippen LogP contribution in [-0.2, 0) is 9.53 Å².